The van der Waals surface area contributed by atoms with Crippen LogP contribution in [0.1, 0.15) is 6.92 Å². The minimum Gasteiger partial charge on any atom is -0.383 e. The van der Waals surface area contributed by atoms with E-state index in [1.807, 2.05) is 0 Å². The lowest BCUT2D eigenvalue weighted by Crippen LogP contribution is -2.57. The molecule has 0 spiro atoms. The standard InChI is InChI=1S/C9H12N6O2/c1-4-8(17)14-7(16)3-15(4)6-2-5(10)12-9(11)13-6/h2,4H,3H2,1H3,(H,14,16,17)(H4,10,11,12,13). The average Bonchev–Trinajstić information content (AvgIpc) is 2.22. The van der Waals surface area contributed by atoms with Gasteiger partial charge in [0.1, 0.15) is 17.7 Å². The lowest BCUT2D eigenvalue weighted by molar-refractivity contribution is -0.132. The highest BCUT2D eigenvalue weighted by Gasteiger charge is 2.31. The van der Waals surface area contributed by atoms with Crippen molar-refractivity contribution in [1.82, 2.24) is 15.3 Å². The molecular formula is C9H12N6O2. The number of nitrogen functional groups attached to an aromatic ring is 2. The molecule has 1 aliphatic rings. The summed E-state index contributed by atoms with van der Waals surface area (Å²) in [7, 11) is 0. The second-order valence-electron chi connectivity index (χ2n) is 3.73. The zero-order valence-electron chi connectivity index (χ0n) is 9.17. The van der Waals surface area contributed by atoms with Gasteiger partial charge in [0.15, 0.2) is 0 Å². The van der Waals surface area contributed by atoms with Gasteiger partial charge in [-0.1, -0.05) is 0 Å². The number of nitrogens with one attached hydrogen (secondary N) is 1. The first-order chi connectivity index (χ1) is 7.97. The first-order valence-corrected chi connectivity index (χ1v) is 4.97. The van der Waals surface area contributed by atoms with E-state index in [1.54, 1.807) is 6.92 Å². The molecular weight excluding hydrogens is 224 g/mol. The maximum absolute atomic E-state index is 11.5. The monoisotopic (exact) mass is 236 g/mol. The van der Waals surface area contributed by atoms with Gasteiger partial charge in [0.2, 0.25) is 17.8 Å². The van der Waals surface area contributed by atoms with Crippen LogP contribution in [-0.4, -0.2) is 34.4 Å². The maximum Gasteiger partial charge on any atom is 0.249 e. The van der Waals surface area contributed by atoms with Crippen molar-refractivity contribution >= 4 is 29.4 Å². The molecule has 2 rings (SSSR count). The summed E-state index contributed by atoms with van der Waals surface area (Å²) in [5, 5.41) is 2.23. The fraction of sp³-hybridized carbons (Fsp3) is 0.333. The molecule has 2 amide bonds. The second kappa shape index (κ2) is 3.89. The van der Waals surface area contributed by atoms with E-state index in [2.05, 4.69) is 15.3 Å². The molecule has 0 bridgehead atoms. The van der Waals surface area contributed by atoms with Crippen molar-refractivity contribution in [3.8, 4) is 0 Å². The Morgan fingerprint density at radius 1 is 1.41 bits per heavy atom. The second-order valence-corrected chi connectivity index (χ2v) is 3.73. The number of hydrogen-bond donors (Lipinski definition) is 3. The summed E-state index contributed by atoms with van der Waals surface area (Å²) in [6.45, 7) is 1.69. The number of rotatable bonds is 1. The summed E-state index contributed by atoms with van der Waals surface area (Å²) in [6.07, 6.45) is 0. The van der Waals surface area contributed by atoms with E-state index in [9.17, 15) is 9.59 Å². The Morgan fingerprint density at radius 3 is 2.76 bits per heavy atom. The SMILES string of the molecule is CC1C(=O)NC(=O)CN1c1cc(N)nc(N)n1. The van der Waals surface area contributed by atoms with Crippen LogP contribution in [0, 0.1) is 0 Å². The van der Waals surface area contributed by atoms with E-state index in [0.29, 0.717) is 5.82 Å². The third kappa shape index (κ3) is 2.10. The van der Waals surface area contributed by atoms with Crippen LogP contribution >= 0.6 is 0 Å². The Balaban J connectivity index is 2.37. The van der Waals surface area contributed by atoms with E-state index in [1.165, 1.54) is 11.0 Å². The predicted octanol–water partition coefficient (Wildman–Crippen LogP) is -1.51. The van der Waals surface area contributed by atoms with E-state index >= 15 is 0 Å². The molecule has 1 aliphatic heterocycles. The van der Waals surface area contributed by atoms with Crippen LogP contribution in [0.4, 0.5) is 17.6 Å². The molecule has 0 aromatic carbocycles. The van der Waals surface area contributed by atoms with Gasteiger partial charge in [0, 0.05) is 6.07 Å². The molecule has 1 aromatic heterocycles. The van der Waals surface area contributed by atoms with Gasteiger partial charge in [-0.15, -0.1) is 0 Å². The summed E-state index contributed by atoms with van der Waals surface area (Å²) in [5.41, 5.74) is 11.0. The van der Waals surface area contributed by atoms with Crippen molar-refractivity contribution in [3.63, 3.8) is 0 Å². The number of anilines is 3. The number of carbonyl (C=O) groups is 2. The Bertz CT molecular complexity index is 468. The Kier molecular flexibility index (Phi) is 2.54. The summed E-state index contributed by atoms with van der Waals surface area (Å²) in [6, 6.07) is 0.958. The molecule has 90 valence electrons. The van der Waals surface area contributed by atoms with Gasteiger partial charge in [0.25, 0.3) is 0 Å². The Morgan fingerprint density at radius 2 is 2.12 bits per heavy atom. The van der Waals surface area contributed by atoms with Crippen molar-refractivity contribution in [3.05, 3.63) is 6.07 Å². The van der Waals surface area contributed by atoms with Gasteiger partial charge in [-0.2, -0.15) is 9.97 Å². The molecule has 1 unspecified atom stereocenters. The molecule has 0 saturated carbocycles. The predicted molar refractivity (Wildman–Crippen MR) is 60.8 cm³/mol. The van der Waals surface area contributed by atoms with E-state index in [4.69, 9.17) is 11.5 Å². The Labute approximate surface area is 97.0 Å². The lowest BCUT2D eigenvalue weighted by atomic mass is 10.2. The average molecular weight is 236 g/mol. The van der Waals surface area contributed by atoms with Crippen LogP contribution in [0.25, 0.3) is 0 Å². The highest BCUT2D eigenvalue weighted by atomic mass is 16.2. The normalized spacial score (nSPS) is 20.3. The minimum absolute atomic E-state index is 0.00521. The maximum atomic E-state index is 11.5. The Hall–Kier alpha value is -2.38. The summed E-state index contributed by atoms with van der Waals surface area (Å²) >= 11 is 0. The van der Waals surface area contributed by atoms with Crippen LogP contribution < -0.4 is 21.7 Å². The van der Waals surface area contributed by atoms with Crippen LogP contribution in [0.3, 0.4) is 0 Å². The summed E-state index contributed by atoms with van der Waals surface area (Å²) in [5.74, 6) is -0.199. The van der Waals surface area contributed by atoms with Crippen molar-refractivity contribution < 1.29 is 9.59 Å². The third-order valence-corrected chi connectivity index (χ3v) is 2.47. The molecule has 2 heterocycles. The first kappa shape index (κ1) is 11.1. The van der Waals surface area contributed by atoms with Crippen LogP contribution in [0.15, 0.2) is 6.07 Å². The smallest absolute Gasteiger partial charge is 0.249 e. The number of hydrogen-bond acceptors (Lipinski definition) is 7. The van der Waals surface area contributed by atoms with Gasteiger partial charge >= 0.3 is 0 Å². The van der Waals surface area contributed by atoms with Gasteiger partial charge in [-0.25, -0.2) is 0 Å². The van der Waals surface area contributed by atoms with E-state index < -0.39 is 6.04 Å². The molecule has 1 saturated heterocycles. The number of amides is 2. The molecule has 0 radical (unpaired) electrons. The summed E-state index contributed by atoms with van der Waals surface area (Å²) in [4.78, 5) is 32.0. The number of carbonyl (C=O) groups excluding carboxylic acids is 2. The highest BCUT2D eigenvalue weighted by molar-refractivity contribution is 6.04. The molecule has 1 aromatic rings. The molecule has 1 atom stereocenters. The fourth-order valence-corrected chi connectivity index (χ4v) is 1.61. The minimum atomic E-state index is -0.513. The quantitative estimate of drug-likeness (QED) is 0.506. The van der Waals surface area contributed by atoms with Crippen molar-refractivity contribution in [2.45, 2.75) is 13.0 Å². The first-order valence-electron chi connectivity index (χ1n) is 4.97. The number of imide groups is 1. The third-order valence-electron chi connectivity index (χ3n) is 2.47. The zero-order valence-corrected chi connectivity index (χ0v) is 9.17. The fourth-order valence-electron chi connectivity index (χ4n) is 1.61. The van der Waals surface area contributed by atoms with E-state index in [-0.39, 0.29) is 30.1 Å². The van der Waals surface area contributed by atoms with Gasteiger partial charge in [-0.3, -0.25) is 14.9 Å². The van der Waals surface area contributed by atoms with Gasteiger partial charge in [0.05, 0.1) is 6.54 Å². The number of nitrogens with two attached hydrogens (primary N) is 2. The van der Waals surface area contributed by atoms with E-state index in [0.717, 1.165) is 0 Å². The van der Waals surface area contributed by atoms with Crippen LogP contribution in [0.5, 0.6) is 0 Å². The molecule has 17 heavy (non-hydrogen) atoms. The molecule has 0 aliphatic carbocycles. The molecule has 1 fully saturated rings. The molecule has 8 nitrogen and oxygen atoms in total. The topological polar surface area (TPSA) is 127 Å². The van der Waals surface area contributed by atoms with Crippen molar-refractivity contribution in [2.24, 2.45) is 0 Å². The summed E-state index contributed by atoms with van der Waals surface area (Å²) < 4.78 is 0. The zero-order chi connectivity index (χ0) is 12.6. The molecule has 5 N–H and O–H groups in total. The number of piperazine rings is 1. The number of aromatic nitrogens is 2. The van der Waals surface area contributed by atoms with Crippen LogP contribution in [0.2, 0.25) is 0 Å². The molecule has 8 heteroatoms. The largest absolute Gasteiger partial charge is 0.383 e. The van der Waals surface area contributed by atoms with Crippen molar-refractivity contribution in [2.75, 3.05) is 22.9 Å². The van der Waals surface area contributed by atoms with Crippen LogP contribution in [-0.2, 0) is 9.59 Å². The highest BCUT2D eigenvalue weighted by Crippen LogP contribution is 2.19. The van der Waals surface area contributed by atoms with Gasteiger partial charge in [-0.05, 0) is 6.92 Å². The van der Waals surface area contributed by atoms with Gasteiger partial charge < -0.3 is 16.4 Å². The van der Waals surface area contributed by atoms with Crippen molar-refractivity contribution in [1.29, 1.82) is 0 Å². The number of nitrogens with zero attached hydrogens (tertiary/aromatic N) is 3. The lowest BCUT2D eigenvalue weighted by Gasteiger charge is -2.32.